The van der Waals surface area contributed by atoms with Gasteiger partial charge in [-0.2, -0.15) is 0 Å². The van der Waals surface area contributed by atoms with E-state index in [0.29, 0.717) is 31.0 Å². The minimum atomic E-state index is -0.337. The van der Waals surface area contributed by atoms with E-state index < -0.39 is 0 Å². The lowest BCUT2D eigenvalue weighted by atomic mass is 10.2. The van der Waals surface area contributed by atoms with Gasteiger partial charge in [-0.25, -0.2) is 9.37 Å². The number of nitrogens with zero attached hydrogens (tertiary/aromatic N) is 1. The molecule has 1 N–H and O–H groups in total. The molecular formula is C16H17FN2O2. The van der Waals surface area contributed by atoms with Crippen molar-refractivity contribution in [3.05, 3.63) is 54.0 Å². The first-order valence-corrected chi connectivity index (χ1v) is 6.75. The molecule has 0 unspecified atom stereocenters. The Morgan fingerprint density at radius 1 is 1.33 bits per heavy atom. The van der Waals surface area contributed by atoms with Crippen LogP contribution in [0.3, 0.4) is 0 Å². The molecule has 110 valence electrons. The molecule has 0 spiro atoms. The molecule has 1 aromatic heterocycles. The van der Waals surface area contributed by atoms with Crippen LogP contribution in [-0.4, -0.2) is 17.5 Å². The van der Waals surface area contributed by atoms with Crippen LogP contribution in [0.25, 0.3) is 0 Å². The zero-order valence-electron chi connectivity index (χ0n) is 11.8. The normalized spacial score (nSPS) is 10.2. The molecule has 5 heteroatoms. The second-order valence-electron chi connectivity index (χ2n) is 4.63. The van der Waals surface area contributed by atoms with Gasteiger partial charge in [-0.05, 0) is 37.1 Å². The third-order valence-electron chi connectivity index (χ3n) is 2.88. The van der Waals surface area contributed by atoms with Crippen molar-refractivity contribution in [2.75, 3.05) is 11.9 Å². The van der Waals surface area contributed by atoms with Crippen LogP contribution in [0.5, 0.6) is 5.75 Å². The summed E-state index contributed by atoms with van der Waals surface area (Å²) in [4.78, 5) is 15.9. The maximum Gasteiger partial charge on any atom is 0.225 e. The highest BCUT2D eigenvalue weighted by Crippen LogP contribution is 2.13. The Labute approximate surface area is 123 Å². The Hall–Kier alpha value is -2.43. The maximum absolute atomic E-state index is 12.9. The largest absolute Gasteiger partial charge is 0.493 e. The summed E-state index contributed by atoms with van der Waals surface area (Å²) in [6.07, 6.45) is 2.51. The van der Waals surface area contributed by atoms with Gasteiger partial charge in [0, 0.05) is 18.7 Å². The first-order chi connectivity index (χ1) is 10.1. The minimum absolute atomic E-state index is 0.111. The molecular weight excluding hydrogens is 271 g/mol. The fourth-order valence-corrected chi connectivity index (χ4v) is 1.79. The Balaban J connectivity index is 1.71. The van der Waals surface area contributed by atoms with Crippen molar-refractivity contribution in [1.29, 1.82) is 0 Å². The lowest BCUT2D eigenvalue weighted by Crippen LogP contribution is -2.14. The number of pyridine rings is 1. The van der Waals surface area contributed by atoms with E-state index in [9.17, 15) is 9.18 Å². The first kappa shape index (κ1) is 15.0. The molecule has 2 rings (SSSR count). The Morgan fingerprint density at radius 3 is 2.95 bits per heavy atom. The third-order valence-corrected chi connectivity index (χ3v) is 2.88. The van der Waals surface area contributed by atoms with Crippen LogP contribution < -0.4 is 10.1 Å². The molecule has 1 amide bonds. The molecule has 4 nitrogen and oxygen atoms in total. The molecule has 0 bridgehead atoms. The molecule has 21 heavy (non-hydrogen) atoms. The number of ether oxygens (including phenoxy) is 1. The molecule has 0 saturated heterocycles. The molecule has 0 atom stereocenters. The van der Waals surface area contributed by atoms with Crippen molar-refractivity contribution in [3.63, 3.8) is 0 Å². The Bertz CT molecular complexity index is 617. The van der Waals surface area contributed by atoms with E-state index in [2.05, 4.69) is 10.3 Å². The van der Waals surface area contributed by atoms with Crippen molar-refractivity contribution < 1.29 is 13.9 Å². The van der Waals surface area contributed by atoms with Gasteiger partial charge >= 0.3 is 0 Å². The summed E-state index contributed by atoms with van der Waals surface area (Å²) in [5.74, 6) is 0.597. The highest BCUT2D eigenvalue weighted by Gasteiger charge is 2.05. The van der Waals surface area contributed by atoms with Crippen LogP contribution in [-0.2, 0) is 4.79 Å². The Morgan fingerprint density at radius 2 is 2.19 bits per heavy atom. The lowest BCUT2D eigenvalue weighted by Gasteiger charge is -2.08. The van der Waals surface area contributed by atoms with Crippen molar-refractivity contribution in [1.82, 2.24) is 4.98 Å². The summed E-state index contributed by atoms with van der Waals surface area (Å²) in [6, 6.07) is 9.64. The van der Waals surface area contributed by atoms with Gasteiger partial charge < -0.3 is 10.1 Å². The van der Waals surface area contributed by atoms with Crippen LogP contribution in [0.4, 0.5) is 10.2 Å². The van der Waals surface area contributed by atoms with Gasteiger partial charge in [0.05, 0.1) is 6.61 Å². The lowest BCUT2D eigenvalue weighted by molar-refractivity contribution is -0.116. The van der Waals surface area contributed by atoms with Crippen LogP contribution in [0.1, 0.15) is 18.4 Å². The number of aryl methyl sites for hydroxylation is 1. The highest BCUT2D eigenvalue weighted by atomic mass is 19.1. The summed E-state index contributed by atoms with van der Waals surface area (Å²) in [5.41, 5.74) is 0.918. The number of rotatable bonds is 6. The van der Waals surface area contributed by atoms with Crippen molar-refractivity contribution >= 4 is 11.7 Å². The fourth-order valence-electron chi connectivity index (χ4n) is 1.79. The standard InChI is InChI=1S/C16H17FN2O2/c1-12-5-3-9-18-16(12)19-15(20)8-4-10-21-14-7-2-6-13(17)11-14/h2-3,5-7,9,11H,4,8,10H2,1H3,(H,18,19,20). The molecule has 0 aliphatic carbocycles. The second-order valence-corrected chi connectivity index (χ2v) is 4.63. The third kappa shape index (κ3) is 4.87. The summed E-state index contributed by atoms with van der Waals surface area (Å²) in [5, 5.41) is 2.75. The second kappa shape index (κ2) is 7.38. The van der Waals surface area contributed by atoms with Gasteiger partial charge in [0.15, 0.2) is 0 Å². The number of carbonyl (C=O) groups is 1. The quantitative estimate of drug-likeness (QED) is 0.829. The molecule has 0 aliphatic rings. The van der Waals surface area contributed by atoms with Gasteiger partial charge in [-0.1, -0.05) is 12.1 Å². The summed E-state index contributed by atoms with van der Waals surface area (Å²) >= 11 is 0. The van der Waals surface area contributed by atoms with Gasteiger partial charge in [-0.3, -0.25) is 4.79 Å². The van der Waals surface area contributed by atoms with Crippen LogP contribution in [0.15, 0.2) is 42.6 Å². The topological polar surface area (TPSA) is 51.2 Å². The zero-order valence-corrected chi connectivity index (χ0v) is 11.8. The molecule has 0 radical (unpaired) electrons. The van der Waals surface area contributed by atoms with Crippen LogP contribution in [0, 0.1) is 12.7 Å². The highest BCUT2D eigenvalue weighted by molar-refractivity contribution is 5.90. The number of hydrogen-bond acceptors (Lipinski definition) is 3. The molecule has 1 heterocycles. The van der Waals surface area contributed by atoms with E-state index in [1.807, 2.05) is 19.1 Å². The predicted molar refractivity (Wildman–Crippen MR) is 78.7 cm³/mol. The number of anilines is 1. The van der Waals surface area contributed by atoms with E-state index in [1.54, 1.807) is 18.3 Å². The van der Waals surface area contributed by atoms with Crippen molar-refractivity contribution in [3.8, 4) is 5.75 Å². The van der Waals surface area contributed by atoms with E-state index in [0.717, 1.165) is 5.56 Å². The van der Waals surface area contributed by atoms with E-state index in [1.165, 1.54) is 12.1 Å². The summed E-state index contributed by atoms with van der Waals surface area (Å²) in [6.45, 7) is 2.24. The maximum atomic E-state index is 12.9. The summed E-state index contributed by atoms with van der Waals surface area (Å²) in [7, 11) is 0. The average molecular weight is 288 g/mol. The molecule has 0 saturated carbocycles. The summed E-state index contributed by atoms with van der Waals surface area (Å²) < 4.78 is 18.3. The smallest absolute Gasteiger partial charge is 0.225 e. The van der Waals surface area contributed by atoms with Gasteiger partial charge in [-0.15, -0.1) is 0 Å². The van der Waals surface area contributed by atoms with Gasteiger partial charge in [0.1, 0.15) is 17.4 Å². The van der Waals surface area contributed by atoms with E-state index in [-0.39, 0.29) is 11.7 Å². The van der Waals surface area contributed by atoms with Crippen LogP contribution in [0.2, 0.25) is 0 Å². The SMILES string of the molecule is Cc1cccnc1NC(=O)CCCOc1cccc(F)c1. The Kier molecular flexibility index (Phi) is 5.26. The fraction of sp³-hybridized carbons (Fsp3) is 0.250. The molecule has 0 aliphatic heterocycles. The van der Waals surface area contributed by atoms with Gasteiger partial charge in [0.2, 0.25) is 5.91 Å². The average Bonchev–Trinajstić information content (AvgIpc) is 2.46. The van der Waals surface area contributed by atoms with E-state index >= 15 is 0 Å². The number of hydrogen-bond donors (Lipinski definition) is 1. The van der Waals surface area contributed by atoms with Crippen LogP contribution >= 0.6 is 0 Å². The first-order valence-electron chi connectivity index (χ1n) is 6.75. The number of halogens is 1. The minimum Gasteiger partial charge on any atom is -0.493 e. The zero-order chi connectivity index (χ0) is 15.1. The van der Waals surface area contributed by atoms with Gasteiger partial charge in [0.25, 0.3) is 0 Å². The van der Waals surface area contributed by atoms with Crippen molar-refractivity contribution in [2.24, 2.45) is 0 Å². The van der Waals surface area contributed by atoms with Crippen molar-refractivity contribution in [2.45, 2.75) is 19.8 Å². The molecule has 0 fully saturated rings. The molecule has 2 aromatic rings. The number of aromatic nitrogens is 1. The number of nitrogens with one attached hydrogen (secondary N) is 1. The number of benzene rings is 1. The number of carbonyl (C=O) groups excluding carboxylic acids is 1. The van der Waals surface area contributed by atoms with E-state index in [4.69, 9.17) is 4.74 Å². The predicted octanol–water partition coefficient (Wildman–Crippen LogP) is 3.33. The number of amides is 1. The monoisotopic (exact) mass is 288 g/mol. The molecule has 1 aromatic carbocycles.